The predicted molar refractivity (Wildman–Crippen MR) is 43.9 cm³/mol. The highest BCUT2D eigenvalue weighted by Crippen LogP contribution is 2.36. The summed E-state index contributed by atoms with van der Waals surface area (Å²) in [6.45, 7) is 0.536. The number of rotatable bonds is 2. The standard InChI is InChI=1S/C8H12N2O3/c9-8(2-3-8)7(13)10-4-1-5(10)6(11)12/h5H,1-4,9H2,(H,11,12). The Hall–Kier alpha value is -1.10. The zero-order valence-electron chi connectivity index (χ0n) is 7.19. The summed E-state index contributed by atoms with van der Waals surface area (Å²) in [5.74, 6) is -1.12. The summed E-state index contributed by atoms with van der Waals surface area (Å²) in [6, 6.07) is -0.631. The van der Waals surface area contributed by atoms with Crippen LogP contribution in [-0.2, 0) is 9.59 Å². The highest BCUT2D eigenvalue weighted by Gasteiger charge is 2.52. The fourth-order valence-corrected chi connectivity index (χ4v) is 1.52. The second kappa shape index (κ2) is 2.45. The normalized spacial score (nSPS) is 29.3. The van der Waals surface area contributed by atoms with Gasteiger partial charge in [0.1, 0.15) is 6.04 Å². The average molecular weight is 184 g/mol. The lowest BCUT2D eigenvalue weighted by molar-refractivity contribution is -0.158. The predicted octanol–water partition coefficient (Wildman–Crippen LogP) is -0.837. The molecule has 1 aliphatic heterocycles. The molecule has 5 nitrogen and oxygen atoms in total. The van der Waals surface area contributed by atoms with Crippen LogP contribution in [0.25, 0.3) is 0 Å². The van der Waals surface area contributed by atoms with Crippen molar-refractivity contribution in [2.75, 3.05) is 6.54 Å². The number of nitrogens with zero attached hydrogens (tertiary/aromatic N) is 1. The topological polar surface area (TPSA) is 83.6 Å². The summed E-state index contributed by atoms with van der Waals surface area (Å²) in [5.41, 5.74) is 4.95. The van der Waals surface area contributed by atoms with Crippen molar-refractivity contribution in [1.29, 1.82) is 0 Å². The van der Waals surface area contributed by atoms with Gasteiger partial charge in [-0.1, -0.05) is 0 Å². The maximum absolute atomic E-state index is 11.6. The summed E-state index contributed by atoms with van der Waals surface area (Å²) in [6.07, 6.45) is 1.93. The first-order valence-corrected chi connectivity index (χ1v) is 4.37. The summed E-state index contributed by atoms with van der Waals surface area (Å²) < 4.78 is 0. The van der Waals surface area contributed by atoms with E-state index in [1.807, 2.05) is 0 Å². The van der Waals surface area contributed by atoms with Gasteiger partial charge in [-0.15, -0.1) is 0 Å². The van der Waals surface area contributed by atoms with Crippen LogP contribution in [0, 0.1) is 0 Å². The molecule has 72 valence electrons. The van der Waals surface area contributed by atoms with Crippen molar-refractivity contribution in [3.63, 3.8) is 0 Å². The number of carboxylic acids is 1. The van der Waals surface area contributed by atoms with Crippen molar-refractivity contribution in [2.45, 2.75) is 30.8 Å². The van der Waals surface area contributed by atoms with Crippen molar-refractivity contribution in [2.24, 2.45) is 5.73 Å². The summed E-state index contributed by atoms with van der Waals surface area (Å²) >= 11 is 0. The molecule has 13 heavy (non-hydrogen) atoms. The molecule has 2 aliphatic rings. The summed E-state index contributed by atoms with van der Waals surface area (Å²) in [4.78, 5) is 23.5. The van der Waals surface area contributed by atoms with Gasteiger partial charge in [0.15, 0.2) is 0 Å². The van der Waals surface area contributed by atoms with E-state index in [-0.39, 0.29) is 5.91 Å². The van der Waals surface area contributed by atoms with Gasteiger partial charge in [-0.05, 0) is 19.3 Å². The Labute approximate surface area is 75.5 Å². The van der Waals surface area contributed by atoms with E-state index in [0.717, 1.165) is 0 Å². The Morgan fingerprint density at radius 2 is 2.08 bits per heavy atom. The second-order valence-electron chi connectivity index (χ2n) is 3.80. The largest absolute Gasteiger partial charge is 0.480 e. The molecule has 0 aromatic heterocycles. The fourth-order valence-electron chi connectivity index (χ4n) is 1.52. The van der Waals surface area contributed by atoms with E-state index in [0.29, 0.717) is 25.8 Å². The zero-order valence-corrected chi connectivity index (χ0v) is 7.19. The molecule has 0 aromatic carbocycles. The molecule has 2 fully saturated rings. The van der Waals surface area contributed by atoms with E-state index in [1.165, 1.54) is 4.90 Å². The summed E-state index contributed by atoms with van der Waals surface area (Å²) in [7, 11) is 0. The lowest BCUT2D eigenvalue weighted by atomic mass is 10.0. The third kappa shape index (κ3) is 1.19. The van der Waals surface area contributed by atoms with Gasteiger partial charge in [0.25, 0.3) is 0 Å². The highest BCUT2D eigenvalue weighted by molar-refractivity contribution is 5.93. The van der Waals surface area contributed by atoms with E-state index in [4.69, 9.17) is 10.8 Å². The van der Waals surface area contributed by atoms with Gasteiger partial charge in [0.05, 0.1) is 5.54 Å². The molecule has 5 heteroatoms. The average Bonchev–Trinajstić information content (AvgIpc) is 2.65. The van der Waals surface area contributed by atoms with E-state index in [9.17, 15) is 9.59 Å². The van der Waals surface area contributed by atoms with Gasteiger partial charge in [-0.25, -0.2) is 4.79 Å². The molecule has 1 amide bonds. The maximum atomic E-state index is 11.6. The molecule has 1 heterocycles. The quantitative estimate of drug-likeness (QED) is 0.586. The van der Waals surface area contributed by atoms with Crippen LogP contribution in [0.2, 0.25) is 0 Å². The Balaban J connectivity index is 2.02. The monoisotopic (exact) mass is 184 g/mol. The van der Waals surface area contributed by atoms with E-state index >= 15 is 0 Å². The molecule has 1 saturated carbocycles. The minimum Gasteiger partial charge on any atom is -0.480 e. The zero-order chi connectivity index (χ0) is 9.64. The van der Waals surface area contributed by atoms with Crippen molar-refractivity contribution in [1.82, 2.24) is 4.90 Å². The molecule has 1 atom stereocenters. The molecule has 0 bridgehead atoms. The second-order valence-corrected chi connectivity index (χ2v) is 3.80. The van der Waals surface area contributed by atoms with Crippen molar-refractivity contribution in [3.8, 4) is 0 Å². The Morgan fingerprint density at radius 3 is 2.38 bits per heavy atom. The minimum atomic E-state index is -0.927. The molecule has 1 saturated heterocycles. The van der Waals surface area contributed by atoms with Gasteiger partial charge in [0, 0.05) is 6.54 Å². The number of aliphatic carboxylic acids is 1. The van der Waals surface area contributed by atoms with Crippen LogP contribution < -0.4 is 5.73 Å². The molecule has 0 spiro atoms. The number of nitrogens with two attached hydrogens (primary N) is 1. The maximum Gasteiger partial charge on any atom is 0.326 e. The first-order chi connectivity index (χ1) is 6.04. The van der Waals surface area contributed by atoms with Crippen LogP contribution in [0.5, 0.6) is 0 Å². The van der Waals surface area contributed by atoms with Gasteiger partial charge < -0.3 is 15.7 Å². The SMILES string of the molecule is NC1(C(=O)N2CCC2C(=O)O)CC1. The minimum absolute atomic E-state index is 0.189. The number of hydrogen-bond acceptors (Lipinski definition) is 3. The van der Waals surface area contributed by atoms with E-state index in [1.54, 1.807) is 0 Å². The first-order valence-electron chi connectivity index (χ1n) is 4.37. The smallest absolute Gasteiger partial charge is 0.326 e. The van der Waals surface area contributed by atoms with Gasteiger partial charge >= 0.3 is 5.97 Å². The van der Waals surface area contributed by atoms with Crippen molar-refractivity contribution < 1.29 is 14.7 Å². The van der Waals surface area contributed by atoms with Crippen LogP contribution in [0.15, 0.2) is 0 Å². The molecule has 1 aliphatic carbocycles. The number of carboxylic acid groups (broad SMARTS) is 1. The van der Waals surface area contributed by atoms with Crippen LogP contribution in [0.4, 0.5) is 0 Å². The number of carbonyl (C=O) groups is 2. The van der Waals surface area contributed by atoms with Crippen molar-refractivity contribution >= 4 is 11.9 Å². The van der Waals surface area contributed by atoms with Gasteiger partial charge in [-0.3, -0.25) is 4.79 Å². The number of amides is 1. The fraction of sp³-hybridized carbons (Fsp3) is 0.750. The van der Waals surface area contributed by atoms with E-state index in [2.05, 4.69) is 0 Å². The van der Waals surface area contributed by atoms with Gasteiger partial charge in [-0.2, -0.15) is 0 Å². The van der Waals surface area contributed by atoms with Crippen LogP contribution >= 0.6 is 0 Å². The van der Waals surface area contributed by atoms with Crippen LogP contribution in [-0.4, -0.2) is 40.0 Å². The van der Waals surface area contributed by atoms with Crippen LogP contribution in [0.3, 0.4) is 0 Å². The third-order valence-electron chi connectivity index (χ3n) is 2.78. The molecule has 0 radical (unpaired) electrons. The number of likely N-dealkylation sites (tertiary alicyclic amines) is 1. The Morgan fingerprint density at radius 1 is 1.46 bits per heavy atom. The van der Waals surface area contributed by atoms with Crippen molar-refractivity contribution in [3.05, 3.63) is 0 Å². The lowest BCUT2D eigenvalue weighted by Gasteiger charge is -2.39. The molecule has 2 rings (SSSR count). The lowest BCUT2D eigenvalue weighted by Crippen LogP contribution is -2.60. The molecular weight excluding hydrogens is 172 g/mol. The number of hydrogen-bond donors (Lipinski definition) is 2. The summed E-state index contributed by atoms with van der Waals surface area (Å²) in [5, 5.41) is 8.70. The highest BCUT2D eigenvalue weighted by atomic mass is 16.4. The first kappa shape index (κ1) is 8.50. The van der Waals surface area contributed by atoms with Gasteiger partial charge in [0.2, 0.25) is 5.91 Å². The Kier molecular flexibility index (Phi) is 1.60. The number of carbonyl (C=O) groups excluding carboxylic acids is 1. The van der Waals surface area contributed by atoms with Crippen LogP contribution in [0.1, 0.15) is 19.3 Å². The molecular formula is C8H12N2O3. The van der Waals surface area contributed by atoms with E-state index < -0.39 is 17.6 Å². The Bertz CT molecular complexity index is 273. The molecule has 3 N–H and O–H groups in total. The molecule has 0 aromatic rings. The molecule has 1 unspecified atom stereocenters. The third-order valence-corrected chi connectivity index (χ3v) is 2.78.